The summed E-state index contributed by atoms with van der Waals surface area (Å²) in [6, 6.07) is 9.55. The van der Waals surface area contributed by atoms with Gasteiger partial charge >= 0.3 is 0 Å². The maximum atomic E-state index is 8.86. The lowest BCUT2D eigenvalue weighted by atomic mass is 10.2. The molecule has 72 valence electrons. The van der Waals surface area contributed by atoms with E-state index in [0.717, 1.165) is 17.9 Å². The molecular formula is C11H11NOS. The number of hydrogen-bond donors (Lipinski definition) is 0. The molecule has 0 aromatic heterocycles. The number of nitriles is 1. The molecule has 0 bridgehead atoms. The molecule has 3 heteroatoms. The molecule has 1 saturated heterocycles. The molecule has 1 aromatic rings. The van der Waals surface area contributed by atoms with Crippen molar-refractivity contribution in [2.45, 2.75) is 12.5 Å². The third kappa shape index (κ3) is 2.02. The SMILES string of the molecule is N#Cc1ccccc1OC1CCSC1. The van der Waals surface area contributed by atoms with E-state index in [-0.39, 0.29) is 6.10 Å². The minimum Gasteiger partial charge on any atom is -0.488 e. The van der Waals surface area contributed by atoms with E-state index >= 15 is 0 Å². The standard InChI is InChI=1S/C11H11NOS/c12-7-9-3-1-2-4-11(9)13-10-5-6-14-8-10/h1-4,10H,5-6,8H2. The Bertz CT molecular complexity index is 353. The zero-order valence-corrected chi connectivity index (χ0v) is 8.59. The van der Waals surface area contributed by atoms with Crippen LogP contribution in [-0.4, -0.2) is 17.6 Å². The van der Waals surface area contributed by atoms with Crippen molar-refractivity contribution in [1.29, 1.82) is 5.26 Å². The zero-order chi connectivity index (χ0) is 9.80. The van der Waals surface area contributed by atoms with Crippen molar-refractivity contribution in [3.8, 4) is 11.8 Å². The van der Waals surface area contributed by atoms with E-state index in [1.165, 1.54) is 5.75 Å². The van der Waals surface area contributed by atoms with Gasteiger partial charge in [0.15, 0.2) is 0 Å². The van der Waals surface area contributed by atoms with E-state index in [9.17, 15) is 0 Å². The first-order valence-electron chi connectivity index (χ1n) is 4.63. The highest BCUT2D eigenvalue weighted by atomic mass is 32.2. The predicted molar refractivity (Wildman–Crippen MR) is 57.5 cm³/mol. The summed E-state index contributed by atoms with van der Waals surface area (Å²) >= 11 is 1.91. The van der Waals surface area contributed by atoms with Crippen LogP contribution in [0.5, 0.6) is 5.75 Å². The van der Waals surface area contributed by atoms with Crippen LogP contribution in [0.25, 0.3) is 0 Å². The molecule has 1 atom stereocenters. The van der Waals surface area contributed by atoms with Gasteiger partial charge in [-0.3, -0.25) is 0 Å². The number of thioether (sulfide) groups is 1. The molecule has 1 fully saturated rings. The molecule has 0 amide bonds. The number of para-hydroxylation sites is 1. The molecular weight excluding hydrogens is 194 g/mol. The van der Waals surface area contributed by atoms with Crippen LogP contribution in [0, 0.1) is 11.3 Å². The lowest BCUT2D eigenvalue weighted by Gasteiger charge is -2.12. The van der Waals surface area contributed by atoms with Crippen LogP contribution < -0.4 is 4.74 Å². The van der Waals surface area contributed by atoms with E-state index in [4.69, 9.17) is 10.00 Å². The van der Waals surface area contributed by atoms with Gasteiger partial charge in [-0.25, -0.2) is 0 Å². The van der Waals surface area contributed by atoms with Gasteiger partial charge < -0.3 is 4.74 Å². The molecule has 0 saturated carbocycles. The summed E-state index contributed by atoms with van der Waals surface area (Å²) < 4.78 is 5.75. The van der Waals surface area contributed by atoms with E-state index in [2.05, 4.69) is 6.07 Å². The van der Waals surface area contributed by atoms with Gasteiger partial charge in [0, 0.05) is 5.75 Å². The summed E-state index contributed by atoms with van der Waals surface area (Å²) in [5.41, 5.74) is 0.629. The highest BCUT2D eigenvalue weighted by molar-refractivity contribution is 7.99. The van der Waals surface area contributed by atoms with E-state index in [0.29, 0.717) is 5.56 Å². The fourth-order valence-electron chi connectivity index (χ4n) is 1.45. The highest BCUT2D eigenvalue weighted by Crippen LogP contribution is 2.25. The van der Waals surface area contributed by atoms with E-state index < -0.39 is 0 Å². The predicted octanol–water partition coefficient (Wildman–Crippen LogP) is 2.44. The summed E-state index contributed by atoms with van der Waals surface area (Å²) in [5, 5.41) is 8.86. The van der Waals surface area contributed by atoms with Gasteiger partial charge in [-0.15, -0.1) is 0 Å². The third-order valence-electron chi connectivity index (χ3n) is 2.19. The Morgan fingerprint density at radius 3 is 3.00 bits per heavy atom. The summed E-state index contributed by atoms with van der Waals surface area (Å²) in [6.07, 6.45) is 1.37. The van der Waals surface area contributed by atoms with Gasteiger partial charge in [0.1, 0.15) is 17.9 Å². The van der Waals surface area contributed by atoms with Crippen molar-refractivity contribution in [2.24, 2.45) is 0 Å². The molecule has 0 aliphatic carbocycles. The molecule has 1 aromatic carbocycles. The second-order valence-corrected chi connectivity index (χ2v) is 4.36. The first kappa shape index (κ1) is 9.42. The fraction of sp³-hybridized carbons (Fsp3) is 0.364. The maximum Gasteiger partial charge on any atom is 0.137 e. The normalized spacial score (nSPS) is 20.4. The van der Waals surface area contributed by atoms with Gasteiger partial charge in [-0.2, -0.15) is 17.0 Å². The van der Waals surface area contributed by atoms with Gasteiger partial charge in [0.25, 0.3) is 0 Å². The van der Waals surface area contributed by atoms with E-state index in [1.54, 1.807) is 6.07 Å². The van der Waals surface area contributed by atoms with Crippen LogP contribution in [-0.2, 0) is 0 Å². The minimum absolute atomic E-state index is 0.287. The topological polar surface area (TPSA) is 33.0 Å². The quantitative estimate of drug-likeness (QED) is 0.743. The smallest absolute Gasteiger partial charge is 0.137 e. The van der Waals surface area contributed by atoms with Gasteiger partial charge in [0.05, 0.1) is 5.56 Å². The van der Waals surface area contributed by atoms with Crippen LogP contribution in [0.15, 0.2) is 24.3 Å². The molecule has 1 aliphatic heterocycles. The Balaban J connectivity index is 2.11. The van der Waals surface area contributed by atoms with Crippen molar-refractivity contribution in [3.05, 3.63) is 29.8 Å². The Morgan fingerprint density at radius 1 is 1.43 bits per heavy atom. The minimum atomic E-state index is 0.287. The maximum absolute atomic E-state index is 8.86. The van der Waals surface area contributed by atoms with Crippen molar-refractivity contribution in [2.75, 3.05) is 11.5 Å². The van der Waals surface area contributed by atoms with Crippen molar-refractivity contribution < 1.29 is 4.74 Å². The average Bonchev–Trinajstić information content (AvgIpc) is 2.71. The van der Waals surface area contributed by atoms with Gasteiger partial charge in [-0.05, 0) is 24.3 Å². The largest absolute Gasteiger partial charge is 0.488 e. The summed E-state index contributed by atoms with van der Waals surface area (Å²) in [5.74, 6) is 2.93. The molecule has 0 spiro atoms. The van der Waals surface area contributed by atoms with Crippen LogP contribution in [0.1, 0.15) is 12.0 Å². The number of nitrogens with zero attached hydrogens (tertiary/aromatic N) is 1. The molecule has 1 aliphatic rings. The zero-order valence-electron chi connectivity index (χ0n) is 7.77. The second kappa shape index (κ2) is 4.39. The van der Waals surface area contributed by atoms with Crippen LogP contribution in [0.2, 0.25) is 0 Å². The van der Waals surface area contributed by atoms with Crippen molar-refractivity contribution >= 4 is 11.8 Å². The summed E-state index contributed by atoms with van der Waals surface area (Å²) in [4.78, 5) is 0. The number of rotatable bonds is 2. The molecule has 1 unspecified atom stereocenters. The Labute approximate surface area is 87.9 Å². The fourth-order valence-corrected chi connectivity index (χ4v) is 2.54. The van der Waals surface area contributed by atoms with Crippen LogP contribution in [0.3, 0.4) is 0 Å². The number of hydrogen-bond acceptors (Lipinski definition) is 3. The molecule has 1 heterocycles. The van der Waals surface area contributed by atoms with Crippen LogP contribution in [0.4, 0.5) is 0 Å². The highest BCUT2D eigenvalue weighted by Gasteiger charge is 2.17. The summed E-state index contributed by atoms with van der Waals surface area (Å²) in [7, 11) is 0. The van der Waals surface area contributed by atoms with Crippen molar-refractivity contribution in [3.63, 3.8) is 0 Å². The molecule has 2 nitrogen and oxygen atoms in total. The summed E-state index contributed by atoms with van der Waals surface area (Å²) in [6.45, 7) is 0. The van der Waals surface area contributed by atoms with Crippen molar-refractivity contribution in [1.82, 2.24) is 0 Å². The molecule has 0 N–H and O–H groups in total. The molecule has 14 heavy (non-hydrogen) atoms. The first-order chi connectivity index (χ1) is 6.90. The van der Waals surface area contributed by atoms with Crippen LogP contribution >= 0.6 is 11.8 Å². The first-order valence-corrected chi connectivity index (χ1v) is 5.79. The van der Waals surface area contributed by atoms with E-state index in [1.807, 2.05) is 30.0 Å². The van der Waals surface area contributed by atoms with Gasteiger partial charge in [0.2, 0.25) is 0 Å². The Hall–Kier alpha value is -1.14. The molecule has 2 rings (SSSR count). The second-order valence-electron chi connectivity index (χ2n) is 3.21. The molecule has 0 radical (unpaired) electrons. The third-order valence-corrected chi connectivity index (χ3v) is 3.32. The number of ether oxygens (including phenoxy) is 1. The Kier molecular flexibility index (Phi) is 2.95. The number of benzene rings is 1. The lowest BCUT2D eigenvalue weighted by Crippen LogP contribution is -2.15. The lowest BCUT2D eigenvalue weighted by molar-refractivity contribution is 0.229. The van der Waals surface area contributed by atoms with Gasteiger partial charge in [-0.1, -0.05) is 12.1 Å². The monoisotopic (exact) mass is 205 g/mol. The Morgan fingerprint density at radius 2 is 2.29 bits per heavy atom. The average molecular weight is 205 g/mol.